The highest BCUT2D eigenvalue weighted by molar-refractivity contribution is 9.10. The Morgan fingerprint density at radius 1 is 1.20 bits per heavy atom. The topological polar surface area (TPSA) is 21.3 Å². The third kappa shape index (κ3) is 3.70. The lowest BCUT2D eigenvalue weighted by molar-refractivity contribution is 0.308. The third-order valence-corrected chi connectivity index (χ3v) is 3.24. The molecule has 1 N–H and O–H groups in total. The van der Waals surface area contributed by atoms with Crippen molar-refractivity contribution in [3.05, 3.63) is 58.1 Å². The van der Waals surface area contributed by atoms with Crippen LogP contribution in [0.3, 0.4) is 0 Å². The van der Waals surface area contributed by atoms with Crippen LogP contribution >= 0.6 is 15.9 Å². The molecular weight excluding hydrogens is 328 g/mol. The lowest BCUT2D eigenvalue weighted by atomic mass is 10.2. The van der Waals surface area contributed by atoms with Crippen molar-refractivity contribution in [2.45, 2.75) is 6.92 Å². The summed E-state index contributed by atoms with van der Waals surface area (Å²) in [6.45, 7) is 2.73. The van der Waals surface area contributed by atoms with Crippen molar-refractivity contribution < 1.29 is 13.5 Å². The van der Waals surface area contributed by atoms with Crippen molar-refractivity contribution in [2.75, 3.05) is 18.5 Å². The summed E-state index contributed by atoms with van der Waals surface area (Å²) in [5.41, 5.74) is 2.11. The lowest BCUT2D eigenvalue weighted by Gasteiger charge is -2.11. The first-order valence-electron chi connectivity index (χ1n) is 6.15. The predicted molar refractivity (Wildman–Crippen MR) is 79.2 cm³/mol. The number of rotatable bonds is 5. The molecule has 0 aromatic heterocycles. The molecule has 0 spiro atoms. The van der Waals surface area contributed by atoms with Gasteiger partial charge in [0.1, 0.15) is 6.61 Å². The van der Waals surface area contributed by atoms with E-state index in [9.17, 15) is 8.78 Å². The number of nitrogens with one attached hydrogen (secondary N) is 1. The molecule has 0 aliphatic rings. The average Bonchev–Trinajstić information content (AvgIpc) is 2.41. The lowest BCUT2D eigenvalue weighted by Crippen LogP contribution is -2.13. The zero-order valence-corrected chi connectivity index (χ0v) is 12.5. The maximum Gasteiger partial charge on any atom is 0.200 e. The Kier molecular flexibility index (Phi) is 4.95. The van der Waals surface area contributed by atoms with Crippen LogP contribution in [0.25, 0.3) is 0 Å². The number of anilines is 1. The van der Waals surface area contributed by atoms with E-state index in [4.69, 9.17) is 4.74 Å². The summed E-state index contributed by atoms with van der Waals surface area (Å²) in [5, 5.41) is 3.18. The number of aryl methyl sites for hydroxylation is 1. The van der Waals surface area contributed by atoms with Crippen molar-refractivity contribution in [3.8, 4) is 5.75 Å². The Labute approximate surface area is 124 Å². The van der Waals surface area contributed by atoms with Gasteiger partial charge in [-0.15, -0.1) is 0 Å². The van der Waals surface area contributed by atoms with Crippen molar-refractivity contribution >= 4 is 21.6 Å². The summed E-state index contributed by atoms with van der Waals surface area (Å²) in [6, 6.07) is 10.3. The molecule has 0 amide bonds. The SMILES string of the molecule is Cc1ccccc1NCCOc1cc(Br)cc(F)c1F. The fourth-order valence-corrected chi connectivity index (χ4v) is 2.16. The van der Waals surface area contributed by atoms with Gasteiger partial charge >= 0.3 is 0 Å². The van der Waals surface area contributed by atoms with Gasteiger partial charge in [0, 0.05) is 16.7 Å². The number of para-hydroxylation sites is 1. The second kappa shape index (κ2) is 6.70. The second-order valence-corrected chi connectivity index (χ2v) is 5.21. The first-order chi connectivity index (χ1) is 9.58. The fraction of sp³-hybridized carbons (Fsp3) is 0.200. The van der Waals surface area contributed by atoms with Crippen LogP contribution in [-0.2, 0) is 0 Å². The number of ether oxygens (including phenoxy) is 1. The fourth-order valence-electron chi connectivity index (χ4n) is 1.76. The minimum absolute atomic E-state index is 0.0940. The van der Waals surface area contributed by atoms with Gasteiger partial charge in [-0.2, -0.15) is 4.39 Å². The molecule has 2 nitrogen and oxygen atoms in total. The molecular formula is C15H14BrF2NO. The van der Waals surface area contributed by atoms with E-state index in [0.29, 0.717) is 11.0 Å². The molecule has 2 aromatic carbocycles. The van der Waals surface area contributed by atoms with Gasteiger partial charge in [-0.1, -0.05) is 34.1 Å². The van der Waals surface area contributed by atoms with Crippen LogP contribution in [0.1, 0.15) is 5.56 Å². The molecule has 2 aromatic rings. The second-order valence-electron chi connectivity index (χ2n) is 4.29. The molecule has 0 aliphatic heterocycles. The van der Waals surface area contributed by atoms with Crippen LogP contribution < -0.4 is 10.1 Å². The highest BCUT2D eigenvalue weighted by Gasteiger charge is 2.11. The number of hydrogen-bond acceptors (Lipinski definition) is 2. The molecule has 0 bridgehead atoms. The number of halogens is 3. The standard InChI is InChI=1S/C15H14BrF2NO/c1-10-4-2-3-5-13(10)19-6-7-20-14-9-11(16)8-12(17)15(14)18/h2-5,8-9,19H,6-7H2,1H3. The number of hydrogen-bond donors (Lipinski definition) is 1. The molecule has 20 heavy (non-hydrogen) atoms. The van der Waals surface area contributed by atoms with Crippen LogP contribution in [0.15, 0.2) is 40.9 Å². The van der Waals surface area contributed by atoms with Gasteiger partial charge in [0.2, 0.25) is 5.82 Å². The van der Waals surface area contributed by atoms with Crippen LogP contribution in [0, 0.1) is 18.6 Å². The predicted octanol–water partition coefficient (Wildman–Crippen LogP) is 4.53. The molecule has 0 unspecified atom stereocenters. The highest BCUT2D eigenvalue weighted by Crippen LogP contribution is 2.25. The molecule has 0 aliphatic carbocycles. The van der Waals surface area contributed by atoms with E-state index in [1.165, 1.54) is 6.07 Å². The monoisotopic (exact) mass is 341 g/mol. The Bertz CT molecular complexity index is 604. The molecule has 0 heterocycles. The molecule has 0 saturated heterocycles. The third-order valence-electron chi connectivity index (χ3n) is 2.78. The van der Waals surface area contributed by atoms with Crippen LogP contribution in [-0.4, -0.2) is 13.2 Å². The molecule has 106 valence electrons. The Morgan fingerprint density at radius 3 is 2.70 bits per heavy atom. The first-order valence-corrected chi connectivity index (χ1v) is 6.94. The Hall–Kier alpha value is -1.62. The maximum atomic E-state index is 13.5. The summed E-state index contributed by atoms with van der Waals surface area (Å²) >= 11 is 3.10. The van der Waals surface area contributed by atoms with Gasteiger partial charge in [-0.25, -0.2) is 4.39 Å². The summed E-state index contributed by atoms with van der Waals surface area (Å²) in [7, 11) is 0. The highest BCUT2D eigenvalue weighted by atomic mass is 79.9. The van der Waals surface area contributed by atoms with Crippen molar-refractivity contribution in [2.24, 2.45) is 0 Å². The van der Waals surface area contributed by atoms with E-state index in [1.807, 2.05) is 31.2 Å². The normalized spacial score (nSPS) is 10.4. The van der Waals surface area contributed by atoms with E-state index < -0.39 is 11.6 Å². The minimum atomic E-state index is -0.968. The zero-order chi connectivity index (χ0) is 14.5. The van der Waals surface area contributed by atoms with E-state index in [1.54, 1.807) is 0 Å². The van der Waals surface area contributed by atoms with E-state index in [2.05, 4.69) is 21.2 Å². The smallest absolute Gasteiger partial charge is 0.200 e. The van der Waals surface area contributed by atoms with Crippen LogP contribution in [0.2, 0.25) is 0 Å². The quantitative estimate of drug-likeness (QED) is 0.637. The molecule has 5 heteroatoms. The summed E-state index contributed by atoms with van der Waals surface area (Å²) in [4.78, 5) is 0. The van der Waals surface area contributed by atoms with Gasteiger partial charge in [0.25, 0.3) is 0 Å². The zero-order valence-electron chi connectivity index (χ0n) is 10.9. The van der Waals surface area contributed by atoms with E-state index in [0.717, 1.165) is 17.3 Å². The van der Waals surface area contributed by atoms with E-state index in [-0.39, 0.29) is 12.4 Å². The molecule has 0 saturated carbocycles. The van der Waals surface area contributed by atoms with Gasteiger partial charge < -0.3 is 10.1 Å². The van der Waals surface area contributed by atoms with Crippen molar-refractivity contribution in [3.63, 3.8) is 0 Å². The minimum Gasteiger partial charge on any atom is -0.489 e. The van der Waals surface area contributed by atoms with Crippen LogP contribution in [0.4, 0.5) is 14.5 Å². The van der Waals surface area contributed by atoms with Gasteiger partial charge in [0.05, 0.1) is 0 Å². The summed E-state index contributed by atoms with van der Waals surface area (Å²) in [6.07, 6.45) is 0. The maximum absolute atomic E-state index is 13.5. The van der Waals surface area contributed by atoms with Gasteiger partial charge in [0.15, 0.2) is 11.6 Å². The molecule has 0 atom stereocenters. The number of benzene rings is 2. The van der Waals surface area contributed by atoms with Gasteiger partial charge in [-0.05, 0) is 30.7 Å². The molecule has 0 radical (unpaired) electrons. The average molecular weight is 342 g/mol. The molecule has 0 fully saturated rings. The van der Waals surface area contributed by atoms with Crippen molar-refractivity contribution in [1.29, 1.82) is 0 Å². The van der Waals surface area contributed by atoms with Crippen molar-refractivity contribution in [1.82, 2.24) is 0 Å². The van der Waals surface area contributed by atoms with Gasteiger partial charge in [-0.3, -0.25) is 0 Å². The first kappa shape index (κ1) is 14.8. The Balaban J connectivity index is 1.89. The summed E-state index contributed by atoms with van der Waals surface area (Å²) in [5.74, 6) is -1.99. The molecule has 2 rings (SSSR count). The summed E-state index contributed by atoms with van der Waals surface area (Å²) < 4.78 is 32.3. The van der Waals surface area contributed by atoms with E-state index >= 15 is 0 Å². The van der Waals surface area contributed by atoms with Crippen LogP contribution in [0.5, 0.6) is 5.75 Å². The Morgan fingerprint density at radius 2 is 1.95 bits per heavy atom. The largest absolute Gasteiger partial charge is 0.489 e.